The lowest BCUT2D eigenvalue weighted by Gasteiger charge is -2.13. The zero-order chi connectivity index (χ0) is 13.1. The Balaban J connectivity index is 2.23. The van der Waals surface area contributed by atoms with Crippen molar-refractivity contribution in [2.24, 2.45) is 11.7 Å². The molecule has 0 aromatic heterocycles. The Labute approximate surface area is 115 Å². The maximum absolute atomic E-state index is 11.6. The van der Waals surface area contributed by atoms with Gasteiger partial charge in [0.1, 0.15) is 0 Å². The van der Waals surface area contributed by atoms with E-state index < -0.39 is 0 Å². The molecule has 4 nitrogen and oxygen atoms in total. The van der Waals surface area contributed by atoms with Crippen molar-refractivity contribution in [1.82, 2.24) is 0 Å². The average Bonchev–Trinajstić information content (AvgIpc) is 3.19. The lowest BCUT2D eigenvalue weighted by molar-refractivity contribution is 0.1000. The topological polar surface area (TPSA) is 61.5 Å². The maximum Gasteiger partial charge on any atom is 0.177 e. The second-order valence-electron chi connectivity index (χ2n) is 4.36. The second kappa shape index (κ2) is 5.71. The van der Waals surface area contributed by atoms with Crippen LogP contribution in [0.2, 0.25) is 0 Å². The number of nitrogens with two attached hydrogens (primary N) is 1. The van der Waals surface area contributed by atoms with Gasteiger partial charge in [-0.05, 0) is 46.8 Å². The predicted octanol–water partition coefficient (Wildman–Crippen LogP) is 2.39. The minimum absolute atomic E-state index is 0.0238. The number of ether oxygens (including phenoxy) is 2. The Bertz CT molecular complexity index is 458. The molecule has 5 heteroatoms. The van der Waals surface area contributed by atoms with Crippen LogP contribution in [0.4, 0.5) is 0 Å². The minimum Gasteiger partial charge on any atom is -0.493 e. The number of hydrogen-bond donors (Lipinski definition) is 1. The molecule has 1 aliphatic rings. The van der Waals surface area contributed by atoms with Crippen LogP contribution in [0, 0.1) is 5.92 Å². The highest BCUT2D eigenvalue weighted by Crippen LogP contribution is 2.36. The number of methoxy groups -OCH3 is 1. The Morgan fingerprint density at radius 2 is 2.17 bits per heavy atom. The Hall–Kier alpha value is -1.07. The molecule has 0 heterocycles. The van der Waals surface area contributed by atoms with Gasteiger partial charge in [-0.15, -0.1) is 0 Å². The van der Waals surface area contributed by atoms with Crippen LogP contribution in [-0.2, 0) is 0 Å². The quantitative estimate of drug-likeness (QED) is 0.819. The first-order valence-electron chi connectivity index (χ1n) is 5.89. The molecule has 1 aromatic carbocycles. The van der Waals surface area contributed by atoms with Crippen molar-refractivity contribution in [3.63, 3.8) is 0 Å². The van der Waals surface area contributed by atoms with E-state index in [1.165, 1.54) is 12.8 Å². The molecule has 0 atom stereocenters. The van der Waals surface area contributed by atoms with Crippen molar-refractivity contribution in [2.75, 3.05) is 20.3 Å². The highest BCUT2D eigenvalue weighted by molar-refractivity contribution is 9.10. The molecule has 1 aromatic rings. The molecule has 98 valence electrons. The van der Waals surface area contributed by atoms with Gasteiger partial charge >= 0.3 is 0 Å². The molecule has 1 fully saturated rings. The number of halogens is 1. The average molecular weight is 314 g/mol. The van der Waals surface area contributed by atoms with Gasteiger partial charge in [0.2, 0.25) is 0 Å². The summed E-state index contributed by atoms with van der Waals surface area (Å²) >= 11 is 3.36. The predicted molar refractivity (Wildman–Crippen MR) is 72.3 cm³/mol. The van der Waals surface area contributed by atoms with Gasteiger partial charge in [-0.3, -0.25) is 4.79 Å². The zero-order valence-corrected chi connectivity index (χ0v) is 11.8. The lowest BCUT2D eigenvalue weighted by Crippen LogP contribution is -2.14. The normalized spacial score (nSPS) is 14.4. The summed E-state index contributed by atoms with van der Waals surface area (Å²) in [5, 5.41) is 0. The summed E-state index contributed by atoms with van der Waals surface area (Å²) in [5.41, 5.74) is 5.89. The standard InChI is InChI=1S/C13H16BrNO3/c1-17-12-4-9(11(16)6-15)10(14)5-13(12)18-7-8-2-3-8/h4-5,8H,2-3,6-7,15H2,1H3. The molecule has 0 bridgehead atoms. The van der Waals surface area contributed by atoms with Crippen molar-refractivity contribution >= 4 is 21.7 Å². The smallest absolute Gasteiger partial charge is 0.177 e. The summed E-state index contributed by atoms with van der Waals surface area (Å²) in [6.45, 7) is 0.678. The Morgan fingerprint density at radius 1 is 1.44 bits per heavy atom. The molecule has 0 spiro atoms. The van der Waals surface area contributed by atoms with Gasteiger partial charge in [-0.25, -0.2) is 0 Å². The molecule has 1 saturated carbocycles. The molecular weight excluding hydrogens is 298 g/mol. The third-order valence-corrected chi connectivity index (χ3v) is 3.57. The highest BCUT2D eigenvalue weighted by atomic mass is 79.9. The number of carbonyl (C=O) groups excluding carboxylic acids is 1. The summed E-state index contributed by atoms with van der Waals surface area (Å²) < 4.78 is 11.6. The van der Waals surface area contributed by atoms with Crippen molar-refractivity contribution < 1.29 is 14.3 Å². The number of ketones is 1. The first kappa shape index (κ1) is 13.4. The van der Waals surface area contributed by atoms with Gasteiger partial charge in [0, 0.05) is 10.0 Å². The van der Waals surface area contributed by atoms with Gasteiger partial charge < -0.3 is 15.2 Å². The van der Waals surface area contributed by atoms with Crippen LogP contribution in [0.5, 0.6) is 11.5 Å². The fourth-order valence-corrected chi connectivity index (χ4v) is 2.17. The highest BCUT2D eigenvalue weighted by Gasteiger charge is 2.23. The first-order valence-corrected chi connectivity index (χ1v) is 6.68. The molecule has 0 radical (unpaired) electrons. The van der Waals surface area contributed by atoms with Crippen molar-refractivity contribution in [3.05, 3.63) is 22.2 Å². The van der Waals surface area contributed by atoms with E-state index >= 15 is 0 Å². The summed E-state index contributed by atoms with van der Waals surface area (Å²) in [6, 6.07) is 3.44. The van der Waals surface area contributed by atoms with Crippen LogP contribution in [0.25, 0.3) is 0 Å². The van der Waals surface area contributed by atoms with Gasteiger partial charge in [-0.1, -0.05) is 0 Å². The van der Waals surface area contributed by atoms with Crippen LogP contribution < -0.4 is 15.2 Å². The van der Waals surface area contributed by atoms with E-state index in [0.717, 1.165) is 0 Å². The molecule has 0 aliphatic heterocycles. The number of benzene rings is 1. The largest absolute Gasteiger partial charge is 0.493 e. The number of rotatable bonds is 6. The van der Waals surface area contributed by atoms with Gasteiger partial charge in [0.15, 0.2) is 17.3 Å². The van der Waals surface area contributed by atoms with E-state index in [1.807, 2.05) is 0 Å². The van der Waals surface area contributed by atoms with Crippen LogP contribution in [0.3, 0.4) is 0 Å². The number of hydrogen-bond acceptors (Lipinski definition) is 4. The monoisotopic (exact) mass is 313 g/mol. The van der Waals surface area contributed by atoms with Gasteiger partial charge in [0.05, 0.1) is 20.3 Å². The fraction of sp³-hybridized carbons (Fsp3) is 0.462. The van der Waals surface area contributed by atoms with Crippen LogP contribution in [-0.4, -0.2) is 26.0 Å². The van der Waals surface area contributed by atoms with E-state index in [4.69, 9.17) is 15.2 Å². The van der Waals surface area contributed by atoms with Gasteiger partial charge in [-0.2, -0.15) is 0 Å². The second-order valence-corrected chi connectivity index (χ2v) is 5.22. The van der Waals surface area contributed by atoms with Crippen molar-refractivity contribution in [3.8, 4) is 11.5 Å². The molecular formula is C13H16BrNO3. The molecule has 0 unspecified atom stereocenters. The van der Waals surface area contributed by atoms with E-state index in [-0.39, 0.29) is 12.3 Å². The van der Waals surface area contributed by atoms with E-state index in [2.05, 4.69) is 15.9 Å². The molecule has 2 rings (SSSR count). The third-order valence-electron chi connectivity index (χ3n) is 2.91. The summed E-state index contributed by atoms with van der Waals surface area (Å²) in [5.74, 6) is 1.76. The third kappa shape index (κ3) is 3.03. The zero-order valence-electron chi connectivity index (χ0n) is 10.2. The Morgan fingerprint density at radius 3 is 2.72 bits per heavy atom. The van der Waals surface area contributed by atoms with Crippen LogP contribution in [0.15, 0.2) is 16.6 Å². The minimum atomic E-state index is -0.131. The number of carbonyl (C=O) groups is 1. The summed E-state index contributed by atoms with van der Waals surface area (Å²) in [4.78, 5) is 11.6. The lowest BCUT2D eigenvalue weighted by atomic mass is 10.1. The molecule has 0 saturated heterocycles. The van der Waals surface area contributed by atoms with Crippen molar-refractivity contribution in [2.45, 2.75) is 12.8 Å². The summed E-state index contributed by atoms with van der Waals surface area (Å²) in [7, 11) is 1.56. The maximum atomic E-state index is 11.6. The molecule has 1 aliphatic carbocycles. The van der Waals surface area contributed by atoms with Crippen molar-refractivity contribution in [1.29, 1.82) is 0 Å². The molecule has 18 heavy (non-hydrogen) atoms. The van der Waals surface area contributed by atoms with E-state index in [1.54, 1.807) is 19.2 Å². The van der Waals surface area contributed by atoms with Crippen LogP contribution >= 0.6 is 15.9 Å². The van der Waals surface area contributed by atoms with Gasteiger partial charge in [0.25, 0.3) is 0 Å². The molecule has 0 amide bonds. The SMILES string of the molecule is COc1cc(C(=O)CN)c(Br)cc1OCC1CC1. The fourth-order valence-electron chi connectivity index (χ4n) is 1.62. The van der Waals surface area contributed by atoms with E-state index in [9.17, 15) is 4.79 Å². The number of Topliss-reactive ketones (excluding diaryl/α,β-unsaturated/α-hetero) is 1. The van der Waals surface area contributed by atoms with Crippen LogP contribution in [0.1, 0.15) is 23.2 Å². The van der Waals surface area contributed by atoms with E-state index in [0.29, 0.717) is 34.1 Å². The Kier molecular flexibility index (Phi) is 4.24. The first-order chi connectivity index (χ1) is 8.65. The summed E-state index contributed by atoms with van der Waals surface area (Å²) in [6.07, 6.45) is 2.46. The molecule has 2 N–H and O–H groups in total.